The van der Waals surface area contributed by atoms with E-state index in [1.54, 1.807) is 0 Å². The summed E-state index contributed by atoms with van der Waals surface area (Å²) < 4.78 is 0. The largest absolute Gasteiger partial charge is 0.383 e. The van der Waals surface area contributed by atoms with Crippen LogP contribution in [0.25, 0.3) is 11.4 Å². The molecule has 106 valence electrons. The number of benzene rings is 1. The van der Waals surface area contributed by atoms with Crippen molar-refractivity contribution in [1.29, 1.82) is 0 Å². The lowest BCUT2D eigenvalue weighted by molar-refractivity contribution is 0.836. The fourth-order valence-corrected chi connectivity index (χ4v) is 2.96. The molecule has 0 fully saturated rings. The maximum Gasteiger partial charge on any atom is 0.162 e. The first-order chi connectivity index (χ1) is 9.31. The van der Waals surface area contributed by atoms with Gasteiger partial charge in [0.15, 0.2) is 5.82 Å². The summed E-state index contributed by atoms with van der Waals surface area (Å²) >= 11 is 0. The fourth-order valence-electron chi connectivity index (χ4n) is 2.96. The minimum absolute atomic E-state index is 0.337. The molecule has 3 heteroatoms. The van der Waals surface area contributed by atoms with Crippen LogP contribution >= 0.6 is 0 Å². The predicted octanol–water partition coefficient (Wildman–Crippen LogP) is 4.08. The molecule has 0 radical (unpaired) electrons. The van der Waals surface area contributed by atoms with Crippen LogP contribution in [0.5, 0.6) is 0 Å². The molecule has 0 aliphatic heterocycles. The third-order valence-electron chi connectivity index (χ3n) is 3.64. The average Bonchev–Trinajstić information content (AvgIpc) is 2.25. The van der Waals surface area contributed by atoms with Gasteiger partial charge in [0.2, 0.25) is 0 Å². The number of aromatic nitrogens is 2. The Balaban J connectivity index is 2.66. The zero-order chi connectivity index (χ0) is 15.0. The van der Waals surface area contributed by atoms with E-state index in [2.05, 4.69) is 56.7 Å². The summed E-state index contributed by atoms with van der Waals surface area (Å²) in [6, 6.07) is 4.32. The molecule has 0 aliphatic rings. The standard InChI is InChI=1S/C17H23N3/c1-9(2)14-13(6)19-17(20-16(14)18)15-11(4)7-10(3)8-12(15)5/h7-9H,1-6H3,(H2,18,19,20). The number of nitrogens with two attached hydrogens (primary N) is 1. The summed E-state index contributed by atoms with van der Waals surface area (Å²) in [5, 5.41) is 0. The zero-order valence-electron chi connectivity index (χ0n) is 13.2. The Morgan fingerprint density at radius 3 is 1.95 bits per heavy atom. The second kappa shape index (κ2) is 5.23. The van der Waals surface area contributed by atoms with Gasteiger partial charge in [-0.25, -0.2) is 9.97 Å². The van der Waals surface area contributed by atoms with E-state index in [0.717, 1.165) is 22.6 Å². The number of hydrogen-bond acceptors (Lipinski definition) is 3. The minimum Gasteiger partial charge on any atom is -0.383 e. The Morgan fingerprint density at radius 2 is 1.50 bits per heavy atom. The quantitative estimate of drug-likeness (QED) is 0.893. The fraction of sp³-hybridized carbons (Fsp3) is 0.412. The van der Waals surface area contributed by atoms with Crippen LogP contribution in [-0.2, 0) is 0 Å². The normalized spacial score (nSPS) is 11.2. The van der Waals surface area contributed by atoms with E-state index in [1.807, 2.05) is 6.92 Å². The monoisotopic (exact) mass is 269 g/mol. The summed E-state index contributed by atoms with van der Waals surface area (Å²) in [5.41, 5.74) is 12.9. The third kappa shape index (κ3) is 2.53. The van der Waals surface area contributed by atoms with Gasteiger partial charge in [0.05, 0.1) is 0 Å². The molecule has 20 heavy (non-hydrogen) atoms. The molecule has 0 saturated heterocycles. The SMILES string of the molecule is Cc1cc(C)c(-c2nc(C)c(C(C)C)c(N)n2)c(C)c1. The highest BCUT2D eigenvalue weighted by atomic mass is 15.0. The highest BCUT2D eigenvalue weighted by Gasteiger charge is 2.16. The molecule has 0 saturated carbocycles. The topological polar surface area (TPSA) is 51.8 Å². The first-order valence-corrected chi connectivity index (χ1v) is 7.03. The van der Waals surface area contributed by atoms with Gasteiger partial charge in [-0.05, 0) is 44.7 Å². The van der Waals surface area contributed by atoms with E-state index in [-0.39, 0.29) is 0 Å². The van der Waals surface area contributed by atoms with Gasteiger partial charge < -0.3 is 5.73 Å². The first-order valence-electron chi connectivity index (χ1n) is 7.03. The van der Waals surface area contributed by atoms with E-state index in [9.17, 15) is 0 Å². The molecule has 3 nitrogen and oxygen atoms in total. The highest BCUT2D eigenvalue weighted by Crippen LogP contribution is 2.30. The van der Waals surface area contributed by atoms with E-state index < -0.39 is 0 Å². The lowest BCUT2D eigenvalue weighted by Crippen LogP contribution is -2.07. The number of nitrogens with zero attached hydrogens (tertiary/aromatic N) is 2. The lowest BCUT2D eigenvalue weighted by Gasteiger charge is -2.15. The minimum atomic E-state index is 0.337. The molecule has 1 heterocycles. The summed E-state index contributed by atoms with van der Waals surface area (Å²) in [7, 11) is 0. The number of nitrogen functional groups attached to an aromatic ring is 1. The van der Waals surface area contributed by atoms with Gasteiger partial charge in [-0.3, -0.25) is 0 Å². The molecule has 0 spiro atoms. The molecular formula is C17H23N3. The molecule has 0 atom stereocenters. The van der Waals surface area contributed by atoms with Crippen LogP contribution in [0.4, 0.5) is 5.82 Å². The van der Waals surface area contributed by atoms with Crippen LogP contribution in [0.1, 0.15) is 47.7 Å². The maximum atomic E-state index is 6.14. The highest BCUT2D eigenvalue weighted by molar-refractivity contribution is 5.67. The van der Waals surface area contributed by atoms with Crippen LogP contribution < -0.4 is 5.73 Å². The molecule has 1 aromatic heterocycles. The Kier molecular flexibility index (Phi) is 3.80. The lowest BCUT2D eigenvalue weighted by atomic mass is 9.98. The molecule has 0 aliphatic carbocycles. The van der Waals surface area contributed by atoms with Crippen molar-refractivity contribution in [2.24, 2.45) is 0 Å². The van der Waals surface area contributed by atoms with Crippen LogP contribution in [0.15, 0.2) is 12.1 Å². The van der Waals surface area contributed by atoms with Crippen molar-refractivity contribution >= 4 is 5.82 Å². The van der Waals surface area contributed by atoms with Crippen molar-refractivity contribution in [3.8, 4) is 11.4 Å². The molecule has 1 aromatic carbocycles. The Labute approximate surface area is 121 Å². The molecule has 2 rings (SSSR count). The smallest absolute Gasteiger partial charge is 0.162 e. The Hall–Kier alpha value is -1.90. The van der Waals surface area contributed by atoms with Crippen molar-refractivity contribution in [2.75, 3.05) is 5.73 Å². The number of rotatable bonds is 2. The van der Waals surface area contributed by atoms with Crippen LogP contribution in [0, 0.1) is 27.7 Å². The summed E-state index contributed by atoms with van der Waals surface area (Å²) in [6.07, 6.45) is 0. The third-order valence-corrected chi connectivity index (χ3v) is 3.64. The van der Waals surface area contributed by atoms with Gasteiger partial charge in [0, 0.05) is 16.8 Å². The van der Waals surface area contributed by atoms with Gasteiger partial charge in [0.25, 0.3) is 0 Å². The van der Waals surface area contributed by atoms with Crippen LogP contribution in [0.2, 0.25) is 0 Å². The number of hydrogen-bond donors (Lipinski definition) is 1. The van der Waals surface area contributed by atoms with Crippen LogP contribution in [-0.4, -0.2) is 9.97 Å². The predicted molar refractivity (Wildman–Crippen MR) is 84.9 cm³/mol. The van der Waals surface area contributed by atoms with E-state index in [4.69, 9.17) is 5.73 Å². The van der Waals surface area contributed by atoms with Gasteiger partial charge >= 0.3 is 0 Å². The van der Waals surface area contributed by atoms with Crippen molar-refractivity contribution < 1.29 is 0 Å². The van der Waals surface area contributed by atoms with Crippen molar-refractivity contribution in [3.63, 3.8) is 0 Å². The number of aryl methyl sites for hydroxylation is 4. The Morgan fingerprint density at radius 1 is 0.950 bits per heavy atom. The van der Waals surface area contributed by atoms with Gasteiger partial charge in [-0.1, -0.05) is 31.5 Å². The van der Waals surface area contributed by atoms with Crippen molar-refractivity contribution in [3.05, 3.63) is 40.1 Å². The maximum absolute atomic E-state index is 6.14. The summed E-state index contributed by atoms with van der Waals surface area (Å²) in [6.45, 7) is 12.5. The average molecular weight is 269 g/mol. The number of anilines is 1. The Bertz CT molecular complexity index is 611. The first kappa shape index (κ1) is 14.5. The summed E-state index contributed by atoms with van der Waals surface area (Å²) in [4.78, 5) is 9.23. The molecule has 0 bridgehead atoms. The van der Waals surface area contributed by atoms with E-state index in [0.29, 0.717) is 11.7 Å². The van der Waals surface area contributed by atoms with Crippen molar-refractivity contribution in [1.82, 2.24) is 9.97 Å². The van der Waals surface area contributed by atoms with E-state index in [1.165, 1.54) is 16.7 Å². The van der Waals surface area contributed by atoms with Gasteiger partial charge in [-0.2, -0.15) is 0 Å². The molecule has 0 unspecified atom stereocenters. The van der Waals surface area contributed by atoms with Crippen LogP contribution in [0.3, 0.4) is 0 Å². The molecular weight excluding hydrogens is 246 g/mol. The van der Waals surface area contributed by atoms with Gasteiger partial charge in [0.1, 0.15) is 5.82 Å². The molecule has 0 amide bonds. The second-order valence-corrected chi connectivity index (χ2v) is 5.86. The molecule has 2 N–H and O–H groups in total. The zero-order valence-corrected chi connectivity index (χ0v) is 13.2. The van der Waals surface area contributed by atoms with Gasteiger partial charge in [-0.15, -0.1) is 0 Å². The molecule has 2 aromatic rings. The van der Waals surface area contributed by atoms with E-state index >= 15 is 0 Å². The van der Waals surface area contributed by atoms with Crippen molar-refractivity contribution in [2.45, 2.75) is 47.5 Å². The summed E-state index contributed by atoms with van der Waals surface area (Å²) in [5.74, 6) is 1.67. The second-order valence-electron chi connectivity index (χ2n) is 5.86.